The summed E-state index contributed by atoms with van der Waals surface area (Å²) in [5.74, 6) is 1.16. The molecule has 1 saturated carbocycles. The summed E-state index contributed by atoms with van der Waals surface area (Å²) < 4.78 is 5.61. The number of urea groups is 1. The zero-order valence-electron chi connectivity index (χ0n) is 21.7. The van der Waals surface area contributed by atoms with E-state index < -0.39 is 0 Å². The minimum absolute atomic E-state index is 0.0504. The van der Waals surface area contributed by atoms with Gasteiger partial charge in [-0.1, -0.05) is 6.92 Å². The lowest BCUT2D eigenvalue weighted by Gasteiger charge is -2.43. The SMILES string of the molecule is COC1CNCC(C2CCNC(NC3CC(NC(=O)NC4C(C)NN(C)C4C)CCC3C)N2)C1. The average molecular weight is 481 g/mol. The van der Waals surface area contributed by atoms with Crippen molar-refractivity contribution >= 4 is 6.03 Å². The van der Waals surface area contributed by atoms with Crippen molar-refractivity contribution in [2.45, 2.75) is 102 Å². The highest BCUT2D eigenvalue weighted by atomic mass is 16.5. The zero-order chi connectivity index (χ0) is 24.2. The molecule has 196 valence electrons. The smallest absolute Gasteiger partial charge is 0.315 e. The maximum Gasteiger partial charge on any atom is 0.315 e. The number of hydrazine groups is 1. The number of methoxy groups -OCH3 is 1. The maximum absolute atomic E-state index is 12.8. The van der Waals surface area contributed by atoms with Crippen LogP contribution in [0.5, 0.6) is 0 Å². The van der Waals surface area contributed by atoms with Crippen molar-refractivity contribution in [1.29, 1.82) is 0 Å². The second-order valence-electron chi connectivity index (χ2n) is 11.1. The third-order valence-corrected chi connectivity index (χ3v) is 8.72. The monoisotopic (exact) mass is 480 g/mol. The molecule has 0 spiro atoms. The van der Waals surface area contributed by atoms with E-state index in [1.807, 2.05) is 14.2 Å². The van der Waals surface area contributed by atoms with Crippen LogP contribution in [-0.4, -0.2) is 93.5 Å². The lowest BCUT2D eigenvalue weighted by molar-refractivity contribution is 0.0447. The fourth-order valence-corrected chi connectivity index (χ4v) is 6.34. The molecule has 0 aromatic rings. The second-order valence-corrected chi connectivity index (χ2v) is 11.1. The van der Waals surface area contributed by atoms with Crippen molar-refractivity contribution in [2.24, 2.45) is 11.8 Å². The number of piperidine rings is 1. The van der Waals surface area contributed by atoms with Crippen molar-refractivity contribution < 1.29 is 9.53 Å². The van der Waals surface area contributed by atoms with Crippen LogP contribution < -0.4 is 37.3 Å². The van der Waals surface area contributed by atoms with Gasteiger partial charge in [-0.25, -0.2) is 9.80 Å². The number of rotatable bonds is 6. The van der Waals surface area contributed by atoms with Gasteiger partial charge in [0.15, 0.2) is 0 Å². The molecule has 10 atom stereocenters. The van der Waals surface area contributed by atoms with Crippen LogP contribution in [-0.2, 0) is 4.74 Å². The molecule has 2 amide bonds. The third-order valence-electron chi connectivity index (χ3n) is 8.72. The Kier molecular flexibility index (Phi) is 9.06. The Hall–Kier alpha value is -1.01. The number of amides is 2. The first kappa shape index (κ1) is 26.1. The van der Waals surface area contributed by atoms with Crippen molar-refractivity contribution in [3.8, 4) is 0 Å². The number of likely N-dealkylation sites (N-methyl/N-ethyl adjacent to an activating group) is 1. The topological polar surface area (TPSA) is 114 Å². The molecule has 3 heterocycles. The minimum Gasteiger partial charge on any atom is -0.380 e. The largest absolute Gasteiger partial charge is 0.380 e. The van der Waals surface area contributed by atoms with Crippen LogP contribution in [0.4, 0.5) is 4.79 Å². The van der Waals surface area contributed by atoms with Crippen LogP contribution in [0, 0.1) is 11.8 Å². The number of nitrogens with zero attached hydrogens (tertiary/aromatic N) is 1. The quantitative estimate of drug-likeness (QED) is 0.282. The van der Waals surface area contributed by atoms with Gasteiger partial charge >= 0.3 is 6.03 Å². The predicted molar refractivity (Wildman–Crippen MR) is 134 cm³/mol. The Labute approximate surface area is 205 Å². The molecule has 4 fully saturated rings. The highest BCUT2D eigenvalue weighted by Crippen LogP contribution is 2.26. The van der Waals surface area contributed by atoms with E-state index in [0.717, 1.165) is 51.7 Å². The predicted octanol–water partition coefficient (Wildman–Crippen LogP) is -0.112. The van der Waals surface area contributed by atoms with Gasteiger partial charge in [-0.05, 0) is 70.9 Å². The highest BCUT2D eigenvalue weighted by Gasteiger charge is 2.37. The summed E-state index contributed by atoms with van der Waals surface area (Å²) in [6.45, 7) is 9.59. The van der Waals surface area contributed by atoms with Gasteiger partial charge in [0.1, 0.15) is 6.29 Å². The van der Waals surface area contributed by atoms with Gasteiger partial charge in [0, 0.05) is 50.9 Å². The molecule has 4 aliphatic rings. The first-order valence-electron chi connectivity index (χ1n) is 13.4. The molecule has 0 aromatic carbocycles. The molecule has 0 aromatic heterocycles. The van der Waals surface area contributed by atoms with Crippen LogP contribution in [0.25, 0.3) is 0 Å². The van der Waals surface area contributed by atoms with E-state index in [2.05, 4.69) is 63.1 Å². The first-order chi connectivity index (χ1) is 16.3. The molecule has 3 aliphatic heterocycles. The number of ether oxygens (including phenoxy) is 1. The molecule has 10 nitrogen and oxygen atoms in total. The van der Waals surface area contributed by atoms with Gasteiger partial charge in [-0.15, -0.1) is 0 Å². The molecule has 34 heavy (non-hydrogen) atoms. The van der Waals surface area contributed by atoms with E-state index >= 15 is 0 Å². The van der Waals surface area contributed by atoms with Crippen LogP contribution in [0.1, 0.15) is 52.9 Å². The molecule has 3 saturated heterocycles. The number of hydrogen-bond acceptors (Lipinski definition) is 8. The Morgan fingerprint density at radius 3 is 2.62 bits per heavy atom. The number of carbonyl (C=O) groups is 1. The Balaban J connectivity index is 1.25. The number of nitrogens with one attached hydrogen (secondary N) is 7. The maximum atomic E-state index is 12.8. The fraction of sp³-hybridized carbons (Fsp3) is 0.958. The van der Waals surface area contributed by atoms with E-state index in [9.17, 15) is 4.79 Å². The minimum atomic E-state index is -0.0504. The Morgan fingerprint density at radius 1 is 1.06 bits per heavy atom. The molecule has 10 unspecified atom stereocenters. The Morgan fingerprint density at radius 2 is 1.88 bits per heavy atom. The fourth-order valence-electron chi connectivity index (χ4n) is 6.34. The lowest BCUT2D eigenvalue weighted by atomic mass is 9.82. The van der Waals surface area contributed by atoms with E-state index in [-0.39, 0.29) is 36.5 Å². The van der Waals surface area contributed by atoms with Gasteiger partial charge in [0.05, 0.1) is 12.1 Å². The van der Waals surface area contributed by atoms with Gasteiger partial charge in [0.2, 0.25) is 0 Å². The standard InChI is InChI=1S/C24H48N8O2/c1-14-6-7-18(27-24(33)30-22-15(2)31-32(4)16(22)3)11-21(14)29-23-26-9-8-20(28-23)17-10-19(34-5)13-25-12-17/h14-23,25-26,28-29,31H,6-13H2,1-5H3,(H2,27,30,33). The molecule has 1 aliphatic carbocycles. The zero-order valence-corrected chi connectivity index (χ0v) is 21.7. The van der Waals surface area contributed by atoms with Crippen molar-refractivity contribution in [3.63, 3.8) is 0 Å². The summed E-state index contributed by atoms with van der Waals surface area (Å²) in [6, 6.07) is 1.56. The second kappa shape index (κ2) is 11.8. The van der Waals surface area contributed by atoms with Gasteiger partial charge < -0.3 is 20.7 Å². The van der Waals surface area contributed by atoms with Gasteiger partial charge in [-0.2, -0.15) is 0 Å². The molecule has 4 rings (SSSR count). The Bertz CT molecular complexity index is 669. The third kappa shape index (κ3) is 6.40. The average Bonchev–Trinajstić information content (AvgIpc) is 3.07. The molecule has 0 bridgehead atoms. The van der Waals surface area contributed by atoms with E-state index in [0.29, 0.717) is 30.0 Å². The first-order valence-corrected chi connectivity index (χ1v) is 13.4. The van der Waals surface area contributed by atoms with Crippen LogP contribution >= 0.6 is 0 Å². The number of carbonyl (C=O) groups excluding carboxylic acids is 1. The van der Waals surface area contributed by atoms with Crippen LogP contribution in [0.15, 0.2) is 0 Å². The summed E-state index contributed by atoms with van der Waals surface area (Å²) in [5, 5.41) is 23.3. The summed E-state index contributed by atoms with van der Waals surface area (Å²) >= 11 is 0. The summed E-state index contributed by atoms with van der Waals surface area (Å²) in [6.07, 6.45) is 5.74. The van der Waals surface area contributed by atoms with E-state index in [1.54, 1.807) is 0 Å². The van der Waals surface area contributed by atoms with Crippen molar-refractivity contribution in [2.75, 3.05) is 33.8 Å². The van der Waals surface area contributed by atoms with E-state index in [4.69, 9.17) is 4.74 Å². The van der Waals surface area contributed by atoms with Crippen LogP contribution in [0.3, 0.4) is 0 Å². The van der Waals surface area contributed by atoms with E-state index in [1.165, 1.54) is 0 Å². The molecule has 0 radical (unpaired) electrons. The summed E-state index contributed by atoms with van der Waals surface area (Å²) in [7, 11) is 3.84. The molecular weight excluding hydrogens is 432 g/mol. The normalized spacial score (nSPS) is 44.0. The summed E-state index contributed by atoms with van der Waals surface area (Å²) in [5.41, 5.74) is 3.37. The molecular formula is C24H48N8O2. The summed E-state index contributed by atoms with van der Waals surface area (Å²) in [4.78, 5) is 12.8. The van der Waals surface area contributed by atoms with Gasteiger partial charge in [0.25, 0.3) is 0 Å². The van der Waals surface area contributed by atoms with Crippen molar-refractivity contribution in [1.82, 2.24) is 42.3 Å². The number of hydrogen-bond donors (Lipinski definition) is 7. The molecule has 7 N–H and O–H groups in total. The van der Waals surface area contributed by atoms with Crippen LogP contribution in [0.2, 0.25) is 0 Å². The highest BCUT2D eigenvalue weighted by molar-refractivity contribution is 5.74. The van der Waals surface area contributed by atoms with Gasteiger partial charge in [-0.3, -0.25) is 21.4 Å². The lowest BCUT2D eigenvalue weighted by Crippen LogP contribution is -2.66. The van der Waals surface area contributed by atoms with Crippen molar-refractivity contribution in [3.05, 3.63) is 0 Å². The molecule has 10 heteroatoms.